The first-order valence-electron chi connectivity index (χ1n) is 8.37. The molecule has 0 atom stereocenters. The minimum Gasteiger partial charge on any atom is -0.360 e. The summed E-state index contributed by atoms with van der Waals surface area (Å²) in [5.41, 5.74) is 4.42. The zero-order valence-electron chi connectivity index (χ0n) is 14.6. The Bertz CT molecular complexity index is 1040. The lowest BCUT2D eigenvalue weighted by atomic mass is 10.2. The predicted molar refractivity (Wildman–Crippen MR) is 100 cm³/mol. The number of hydrogen-bond acceptors (Lipinski definition) is 5. The van der Waals surface area contributed by atoms with Gasteiger partial charge in [-0.3, -0.25) is 4.72 Å². The van der Waals surface area contributed by atoms with Gasteiger partial charge in [-0.1, -0.05) is 23.4 Å². The maximum Gasteiger partial charge on any atom is 0.267 e. The molecular weight excluding hydrogens is 350 g/mol. The number of aromatic nitrogens is 1. The second-order valence-corrected chi connectivity index (χ2v) is 7.96. The van der Waals surface area contributed by atoms with Crippen molar-refractivity contribution in [1.29, 1.82) is 0 Å². The Morgan fingerprint density at radius 1 is 1.08 bits per heavy atom. The molecule has 0 spiro atoms. The van der Waals surface area contributed by atoms with Gasteiger partial charge in [0.15, 0.2) is 10.7 Å². The van der Waals surface area contributed by atoms with Crippen molar-refractivity contribution in [2.45, 2.75) is 25.2 Å². The van der Waals surface area contributed by atoms with Gasteiger partial charge in [-0.2, -0.15) is 0 Å². The van der Waals surface area contributed by atoms with E-state index in [0.717, 1.165) is 18.7 Å². The van der Waals surface area contributed by atoms with Gasteiger partial charge >= 0.3 is 0 Å². The third-order valence-electron chi connectivity index (χ3n) is 4.55. The molecule has 1 aliphatic heterocycles. The summed E-state index contributed by atoms with van der Waals surface area (Å²) in [4.78, 5) is 2.33. The summed E-state index contributed by atoms with van der Waals surface area (Å²) in [5, 5.41) is 3.71. The fourth-order valence-corrected chi connectivity index (χ4v) is 4.77. The summed E-state index contributed by atoms with van der Waals surface area (Å²) in [6, 6.07) is 15.7. The second-order valence-electron chi connectivity index (χ2n) is 6.34. The lowest BCUT2D eigenvalue weighted by Gasteiger charge is -2.20. The van der Waals surface area contributed by atoms with E-state index in [1.165, 1.54) is 11.3 Å². The van der Waals surface area contributed by atoms with Gasteiger partial charge in [0.2, 0.25) is 0 Å². The van der Waals surface area contributed by atoms with Crippen LogP contribution < -0.4 is 9.62 Å². The van der Waals surface area contributed by atoms with Gasteiger partial charge in [0.1, 0.15) is 5.69 Å². The summed E-state index contributed by atoms with van der Waals surface area (Å²) < 4.78 is 32.7. The van der Waals surface area contributed by atoms with Crippen LogP contribution >= 0.6 is 0 Å². The molecule has 0 amide bonds. The molecule has 0 saturated carbocycles. The summed E-state index contributed by atoms with van der Waals surface area (Å²) in [7, 11) is -3.73. The van der Waals surface area contributed by atoms with E-state index >= 15 is 0 Å². The van der Waals surface area contributed by atoms with Crippen molar-refractivity contribution in [3.8, 4) is 0 Å². The third kappa shape index (κ3) is 2.84. The molecule has 134 valence electrons. The molecule has 1 aromatic heterocycles. The predicted octanol–water partition coefficient (Wildman–Crippen LogP) is 3.79. The first-order valence-corrected chi connectivity index (χ1v) is 9.85. The topological polar surface area (TPSA) is 75.4 Å². The number of nitrogens with zero attached hydrogens (tertiary/aromatic N) is 2. The van der Waals surface area contributed by atoms with Gasteiger partial charge < -0.3 is 9.42 Å². The molecule has 0 aliphatic carbocycles. The molecule has 7 heteroatoms. The van der Waals surface area contributed by atoms with Crippen LogP contribution in [-0.2, 0) is 16.4 Å². The number of benzene rings is 2. The highest BCUT2D eigenvalue weighted by Gasteiger charge is 2.24. The van der Waals surface area contributed by atoms with E-state index in [1.54, 1.807) is 26.0 Å². The van der Waals surface area contributed by atoms with Crippen molar-refractivity contribution in [2.75, 3.05) is 16.2 Å². The van der Waals surface area contributed by atoms with Crippen molar-refractivity contribution in [2.24, 2.45) is 0 Å². The number of hydrogen-bond donors (Lipinski definition) is 1. The molecule has 6 nitrogen and oxygen atoms in total. The van der Waals surface area contributed by atoms with Crippen molar-refractivity contribution in [1.82, 2.24) is 5.16 Å². The molecule has 2 heterocycles. The number of para-hydroxylation sites is 1. The molecule has 0 radical (unpaired) electrons. The van der Waals surface area contributed by atoms with E-state index in [9.17, 15) is 8.42 Å². The fraction of sp³-hybridized carbons (Fsp3) is 0.211. The van der Waals surface area contributed by atoms with Gasteiger partial charge in [-0.25, -0.2) is 8.42 Å². The Morgan fingerprint density at radius 3 is 2.50 bits per heavy atom. The van der Waals surface area contributed by atoms with Crippen molar-refractivity contribution in [3.05, 3.63) is 65.5 Å². The third-order valence-corrected chi connectivity index (χ3v) is 6.18. The standard InChI is InChI=1S/C19H19N3O3S/c1-13-19(14(2)25-20-13)26(23,24)21-16-7-9-17(10-8-16)22-12-11-15-5-3-4-6-18(15)22/h3-10,21H,11-12H2,1-2H3. The van der Waals surface area contributed by atoms with Crippen LogP contribution in [0.1, 0.15) is 17.0 Å². The normalized spacial score (nSPS) is 13.7. The van der Waals surface area contributed by atoms with Crippen LogP contribution in [0.2, 0.25) is 0 Å². The molecule has 0 unspecified atom stereocenters. The van der Waals surface area contributed by atoms with Crippen LogP contribution in [0, 0.1) is 13.8 Å². The van der Waals surface area contributed by atoms with Crippen molar-refractivity contribution < 1.29 is 12.9 Å². The van der Waals surface area contributed by atoms with Crippen LogP contribution in [0.25, 0.3) is 0 Å². The van der Waals surface area contributed by atoms with Crippen molar-refractivity contribution in [3.63, 3.8) is 0 Å². The van der Waals surface area contributed by atoms with E-state index in [4.69, 9.17) is 4.52 Å². The first kappa shape index (κ1) is 16.7. The highest BCUT2D eigenvalue weighted by Crippen LogP contribution is 2.34. The molecule has 1 N–H and O–H groups in total. The molecule has 0 saturated heterocycles. The summed E-state index contributed by atoms with van der Waals surface area (Å²) >= 11 is 0. The fourth-order valence-electron chi connectivity index (χ4n) is 3.38. The molecule has 0 bridgehead atoms. The quantitative estimate of drug-likeness (QED) is 0.757. The van der Waals surface area contributed by atoms with Crippen LogP contribution in [-0.4, -0.2) is 20.1 Å². The summed E-state index contributed by atoms with van der Waals surface area (Å²) in [6.45, 7) is 4.12. The smallest absolute Gasteiger partial charge is 0.267 e. The summed E-state index contributed by atoms with van der Waals surface area (Å²) in [5.74, 6) is 0.278. The van der Waals surface area contributed by atoms with Crippen LogP contribution in [0.3, 0.4) is 0 Å². The number of nitrogens with one attached hydrogen (secondary N) is 1. The minimum atomic E-state index is -3.73. The van der Waals surface area contributed by atoms with E-state index in [-0.39, 0.29) is 10.7 Å². The monoisotopic (exact) mass is 369 g/mol. The highest BCUT2D eigenvalue weighted by atomic mass is 32.2. The molecule has 2 aromatic carbocycles. The zero-order chi connectivity index (χ0) is 18.3. The Morgan fingerprint density at radius 2 is 1.81 bits per heavy atom. The SMILES string of the molecule is Cc1noc(C)c1S(=O)(=O)Nc1ccc(N2CCc3ccccc32)cc1. The van der Waals surface area contributed by atoms with Crippen LogP contribution in [0.15, 0.2) is 57.9 Å². The molecule has 4 rings (SSSR count). The van der Waals surface area contributed by atoms with Gasteiger partial charge in [0, 0.05) is 23.6 Å². The maximum atomic E-state index is 12.6. The Labute approximate surface area is 152 Å². The number of fused-ring (bicyclic) bond motifs is 1. The van der Waals surface area contributed by atoms with Crippen molar-refractivity contribution >= 4 is 27.1 Å². The van der Waals surface area contributed by atoms with Crippen LogP contribution in [0.4, 0.5) is 17.1 Å². The lowest BCUT2D eigenvalue weighted by molar-refractivity contribution is 0.390. The largest absolute Gasteiger partial charge is 0.360 e. The van der Waals surface area contributed by atoms with Crippen LogP contribution in [0.5, 0.6) is 0 Å². The van der Waals surface area contributed by atoms with Gasteiger partial charge in [-0.15, -0.1) is 0 Å². The molecule has 0 fully saturated rings. The van der Waals surface area contributed by atoms with E-state index in [0.29, 0.717) is 11.4 Å². The number of sulfonamides is 1. The van der Waals surface area contributed by atoms with Gasteiger partial charge in [0.25, 0.3) is 10.0 Å². The second kappa shape index (κ2) is 6.17. The lowest BCUT2D eigenvalue weighted by Crippen LogP contribution is -2.15. The maximum absolute atomic E-state index is 12.6. The minimum absolute atomic E-state index is 0.0926. The summed E-state index contributed by atoms with van der Waals surface area (Å²) in [6.07, 6.45) is 1.01. The highest BCUT2D eigenvalue weighted by molar-refractivity contribution is 7.92. The Hall–Kier alpha value is -2.80. The van der Waals surface area contributed by atoms with Gasteiger partial charge in [0.05, 0.1) is 0 Å². The number of aryl methyl sites for hydroxylation is 2. The molecule has 1 aliphatic rings. The molecule has 26 heavy (non-hydrogen) atoms. The molecule has 3 aromatic rings. The first-order chi connectivity index (χ1) is 12.5. The molecular formula is C19H19N3O3S. The Kier molecular flexibility index (Phi) is 3.96. The van der Waals surface area contributed by atoms with E-state index in [1.807, 2.05) is 18.2 Å². The van der Waals surface area contributed by atoms with Gasteiger partial charge in [-0.05, 0) is 56.2 Å². The van der Waals surface area contributed by atoms with E-state index in [2.05, 4.69) is 33.0 Å². The zero-order valence-corrected chi connectivity index (χ0v) is 15.4. The number of anilines is 3. The average molecular weight is 369 g/mol. The average Bonchev–Trinajstić information content (AvgIpc) is 3.19. The Balaban J connectivity index is 1.58. The number of rotatable bonds is 4. The van der Waals surface area contributed by atoms with E-state index < -0.39 is 10.0 Å².